The SMILES string of the molecule is CCCCCCCCOc1cccc2cc(O)c(C(C)=O)nc12. The third kappa shape index (κ3) is 4.68. The minimum absolute atomic E-state index is 0.0851. The Balaban J connectivity index is 2.03. The molecule has 1 heterocycles. The van der Waals surface area contributed by atoms with Gasteiger partial charge in [-0.15, -0.1) is 0 Å². The van der Waals surface area contributed by atoms with E-state index in [1.165, 1.54) is 32.6 Å². The highest BCUT2D eigenvalue weighted by Crippen LogP contribution is 2.29. The maximum atomic E-state index is 11.5. The minimum atomic E-state index is -0.255. The maximum absolute atomic E-state index is 11.5. The molecule has 0 fully saturated rings. The van der Waals surface area contributed by atoms with Gasteiger partial charge in [0.05, 0.1) is 6.61 Å². The van der Waals surface area contributed by atoms with E-state index in [1.807, 2.05) is 18.2 Å². The number of rotatable bonds is 9. The van der Waals surface area contributed by atoms with Crippen LogP contribution in [0.3, 0.4) is 0 Å². The molecule has 0 saturated heterocycles. The molecule has 1 aromatic heterocycles. The van der Waals surface area contributed by atoms with Gasteiger partial charge in [0.1, 0.15) is 22.7 Å². The van der Waals surface area contributed by atoms with Gasteiger partial charge >= 0.3 is 0 Å². The molecule has 0 amide bonds. The molecule has 0 aliphatic carbocycles. The highest BCUT2D eigenvalue weighted by molar-refractivity contribution is 5.98. The lowest BCUT2D eigenvalue weighted by Crippen LogP contribution is -2.01. The van der Waals surface area contributed by atoms with E-state index < -0.39 is 0 Å². The normalized spacial score (nSPS) is 10.9. The minimum Gasteiger partial charge on any atom is -0.506 e. The van der Waals surface area contributed by atoms with Crippen molar-refractivity contribution in [2.24, 2.45) is 0 Å². The van der Waals surface area contributed by atoms with Crippen molar-refractivity contribution in [3.63, 3.8) is 0 Å². The van der Waals surface area contributed by atoms with E-state index in [9.17, 15) is 9.90 Å². The van der Waals surface area contributed by atoms with Crippen molar-refractivity contribution in [1.82, 2.24) is 4.98 Å². The first-order valence-corrected chi connectivity index (χ1v) is 8.40. The average molecular weight is 315 g/mol. The second-order valence-corrected chi connectivity index (χ2v) is 5.86. The first kappa shape index (κ1) is 17.3. The largest absolute Gasteiger partial charge is 0.506 e. The molecule has 0 aliphatic heterocycles. The summed E-state index contributed by atoms with van der Waals surface area (Å²) in [7, 11) is 0. The summed E-state index contributed by atoms with van der Waals surface area (Å²) in [5, 5.41) is 10.6. The monoisotopic (exact) mass is 315 g/mol. The molecular weight excluding hydrogens is 290 g/mol. The number of carbonyl (C=O) groups is 1. The predicted octanol–water partition coefficient (Wildman–Crippen LogP) is 4.88. The number of benzene rings is 1. The Bertz CT molecular complexity index is 667. The summed E-state index contributed by atoms with van der Waals surface area (Å²) in [6, 6.07) is 7.14. The summed E-state index contributed by atoms with van der Waals surface area (Å²) < 4.78 is 5.84. The Morgan fingerprint density at radius 3 is 2.65 bits per heavy atom. The Kier molecular flexibility index (Phi) is 6.39. The zero-order valence-electron chi connectivity index (χ0n) is 14.0. The molecule has 0 spiro atoms. The van der Waals surface area contributed by atoms with Crippen LogP contribution >= 0.6 is 0 Å². The van der Waals surface area contributed by atoms with Gasteiger partial charge in [-0.2, -0.15) is 0 Å². The number of hydrogen-bond donors (Lipinski definition) is 1. The molecule has 1 N–H and O–H groups in total. The van der Waals surface area contributed by atoms with Crippen molar-refractivity contribution in [3.8, 4) is 11.5 Å². The average Bonchev–Trinajstić information content (AvgIpc) is 2.53. The fourth-order valence-corrected chi connectivity index (χ4v) is 2.60. The van der Waals surface area contributed by atoms with Crippen molar-refractivity contribution in [2.45, 2.75) is 52.4 Å². The number of hydrogen-bond acceptors (Lipinski definition) is 4. The number of carbonyl (C=O) groups excluding carboxylic acids is 1. The van der Waals surface area contributed by atoms with E-state index in [2.05, 4.69) is 11.9 Å². The third-order valence-corrected chi connectivity index (χ3v) is 3.88. The molecule has 0 saturated carbocycles. The van der Waals surface area contributed by atoms with Crippen LogP contribution in [0.15, 0.2) is 24.3 Å². The van der Waals surface area contributed by atoms with Gasteiger partial charge < -0.3 is 9.84 Å². The van der Waals surface area contributed by atoms with Crippen LogP contribution in [-0.2, 0) is 0 Å². The van der Waals surface area contributed by atoms with Crippen LogP contribution in [0.5, 0.6) is 11.5 Å². The Hall–Kier alpha value is -2.10. The summed E-state index contributed by atoms with van der Waals surface area (Å²) in [4.78, 5) is 15.8. The number of ketones is 1. The number of pyridine rings is 1. The first-order chi connectivity index (χ1) is 11.1. The lowest BCUT2D eigenvalue weighted by atomic mass is 10.1. The number of ether oxygens (including phenoxy) is 1. The van der Waals surface area contributed by atoms with Gasteiger partial charge in [0.25, 0.3) is 0 Å². The summed E-state index contributed by atoms with van der Waals surface area (Å²) in [6.45, 7) is 4.25. The molecule has 0 atom stereocenters. The number of nitrogens with zero attached hydrogens (tertiary/aromatic N) is 1. The van der Waals surface area contributed by atoms with Crippen LogP contribution in [0.25, 0.3) is 10.9 Å². The first-order valence-electron chi connectivity index (χ1n) is 8.40. The second-order valence-electron chi connectivity index (χ2n) is 5.86. The van der Waals surface area contributed by atoms with Crippen LogP contribution < -0.4 is 4.74 Å². The van der Waals surface area contributed by atoms with E-state index in [4.69, 9.17) is 4.74 Å². The maximum Gasteiger partial charge on any atom is 0.181 e. The molecule has 2 rings (SSSR count). The molecule has 0 unspecified atom stereocenters. The van der Waals surface area contributed by atoms with Gasteiger partial charge in [0.15, 0.2) is 5.78 Å². The quantitative estimate of drug-likeness (QED) is 0.529. The molecule has 2 aromatic rings. The highest BCUT2D eigenvalue weighted by Gasteiger charge is 2.12. The topological polar surface area (TPSA) is 59.4 Å². The van der Waals surface area contributed by atoms with Crippen LogP contribution in [0, 0.1) is 0 Å². The molecule has 4 heteroatoms. The van der Waals surface area contributed by atoms with Crippen molar-refractivity contribution in [3.05, 3.63) is 30.0 Å². The van der Waals surface area contributed by atoms with E-state index in [0.29, 0.717) is 17.9 Å². The van der Waals surface area contributed by atoms with E-state index in [1.54, 1.807) is 6.07 Å². The number of unbranched alkanes of at least 4 members (excludes halogenated alkanes) is 5. The second kappa shape index (κ2) is 8.51. The number of fused-ring (bicyclic) bond motifs is 1. The van der Waals surface area contributed by atoms with Gasteiger partial charge in [-0.25, -0.2) is 4.98 Å². The van der Waals surface area contributed by atoms with Crippen LogP contribution in [0.2, 0.25) is 0 Å². The third-order valence-electron chi connectivity index (χ3n) is 3.88. The molecular formula is C19H25NO3. The summed E-state index contributed by atoms with van der Waals surface area (Å²) in [5.41, 5.74) is 0.717. The Morgan fingerprint density at radius 2 is 1.91 bits per heavy atom. The van der Waals surface area contributed by atoms with E-state index in [-0.39, 0.29) is 17.2 Å². The standard InChI is InChI=1S/C19H25NO3/c1-3-4-5-6-7-8-12-23-17-11-9-10-15-13-16(22)18(14(2)21)20-19(15)17/h9-11,13,22H,3-8,12H2,1-2H3. The Morgan fingerprint density at radius 1 is 1.17 bits per heavy atom. The van der Waals surface area contributed by atoms with Crippen molar-refractivity contribution in [2.75, 3.05) is 6.61 Å². The van der Waals surface area contributed by atoms with E-state index >= 15 is 0 Å². The predicted molar refractivity (Wildman–Crippen MR) is 92.3 cm³/mol. The summed E-state index contributed by atoms with van der Waals surface area (Å²) in [5.74, 6) is 0.326. The summed E-state index contributed by atoms with van der Waals surface area (Å²) in [6.07, 6.45) is 7.26. The van der Waals surface area contributed by atoms with Gasteiger partial charge in [-0.3, -0.25) is 4.79 Å². The zero-order chi connectivity index (χ0) is 16.7. The molecule has 0 bridgehead atoms. The number of para-hydroxylation sites is 1. The summed E-state index contributed by atoms with van der Waals surface area (Å²) >= 11 is 0. The van der Waals surface area contributed by atoms with Crippen molar-refractivity contribution in [1.29, 1.82) is 0 Å². The number of aromatic nitrogens is 1. The molecule has 1 aromatic carbocycles. The zero-order valence-corrected chi connectivity index (χ0v) is 14.0. The smallest absolute Gasteiger partial charge is 0.181 e. The van der Waals surface area contributed by atoms with Crippen LogP contribution in [0.1, 0.15) is 62.9 Å². The lowest BCUT2D eigenvalue weighted by molar-refractivity contribution is 0.101. The van der Waals surface area contributed by atoms with Crippen LogP contribution in [-0.4, -0.2) is 22.5 Å². The Labute approximate surface area is 137 Å². The lowest BCUT2D eigenvalue weighted by Gasteiger charge is -2.10. The number of aromatic hydroxyl groups is 1. The van der Waals surface area contributed by atoms with Gasteiger partial charge in [-0.05, 0) is 18.6 Å². The van der Waals surface area contributed by atoms with Crippen LogP contribution in [0.4, 0.5) is 0 Å². The van der Waals surface area contributed by atoms with E-state index in [0.717, 1.165) is 18.2 Å². The molecule has 124 valence electrons. The van der Waals surface area contributed by atoms with Crippen molar-refractivity contribution >= 4 is 16.7 Å². The highest BCUT2D eigenvalue weighted by atomic mass is 16.5. The molecule has 0 radical (unpaired) electrons. The fraction of sp³-hybridized carbons (Fsp3) is 0.474. The molecule has 23 heavy (non-hydrogen) atoms. The molecule has 0 aliphatic rings. The van der Waals surface area contributed by atoms with Gasteiger partial charge in [0, 0.05) is 12.3 Å². The number of Topliss-reactive ketones (excluding diaryl/α,β-unsaturated/α-hetero) is 1. The fourth-order valence-electron chi connectivity index (χ4n) is 2.60. The van der Waals surface area contributed by atoms with Gasteiger partial charge in [-0.1, -0.05) is 51.2 Å². The molecule has 4 nitrogen and oxygen atoms in total. The van der Waals surface area contributed by atoms with Crippen molar-refractivity contribution < 1.29 is 14.6 Å². The van der Waals surface area contributed by atoms with Gasteiger partial charge in [0.2, 0.25) is 0 Å².